The van der Waals surface area contributed by atoms with Crippen molar-refractivity contribution >= 4 is 20.1 Å². The first-order valence-electron chi connectivity index (χ1n) is 12.3. The number of benzene rings is 1. The first-order valence-corrected chi connectivity index (χ1v) is 14.4. The van der Waals surface area contributed by atoms with E-state index in [9.17, 15) is 14.5 Å². The van der Waals surface area contributed by atoms with Crippen LogP contribution < -0.4 is 10.1 Å². The fraction of sp³-hybridized carbons (Fsp3) is 0.680. The molecule has 1 aromatic rings. The second-order valence-electron chi connectivity index (χ2n) is 8.70. The number of rotatable bonds is 17. The van der Waals surface area contributed by atoms with Gasteiger partial charge in [-0.05, 0) is 62.3 Å². The lowest BCUT2D eigenvalue weighted by molar-refractivity contribution is -0.121. The molecule has 1 aromatic carbocycles. The summed E-state index contributed by atoms with van der Waals surface area (Å²) in [6, 6.07) is 5.45. The van der Waals surface area contributed by atoms with Crippen LogP contribution in [0, 0.1) is 0 Å². The molecule has 2 rings (SSSR count). The molecule has 186 valence electrons. The Kier molecular flexibility index (Phi) is 12.9. The molecule has 1 aliphatic rings. The molecular formula is C25H41NO6P+. The van der Waals surface area contributed by atoms with Gasteiger partial charge in [-0.1, -0.05) is 32.6 Å². The van der Waals surface area contributed by atoms with Gasteiger partial charge in [-0.15, -0.1) is 0 Å². The normalized spacial score (nSPS) is 15.8. The molecule has 7 nitrogen and oxygen atoms in total. The molecular weight excluding hydrogens is 441 g/mol. The quantitative estimate of drug-likeness (QED) is 0.179. The smallest absolute Gasteiger partial charge is 0.405 e. The molecule has 1 amide bonds. The van der Waals surface area contributed by atoms with E-state index >= 15 is 0 Å². The van der Waals surface area contributed by atoms with Crippen LogP contribution in [0.5, 0.6) is 5.75 Å². The van der Waals surface area contributed by atoms with Gasteiger partial charge in [-0.2, -0.15) is 13.9 Å². The second-order valence-corrected chi connectivity index (χ2v) is 10.8. The average Bonchev–Trinajstić information content (AvgIpc) is 3.30. The van der Waals surface area contributed by atoms with Gasteiger partial charge in [0.25, 0.3) is 0 Å². The van der Waals surface area contributed by atoms with Gasteiger partial charge in [0.1, 0.15) is 24.8 Å². The summed E-state index contributed by atoms with van der Waals surface area (Å²) in [5.74, 6) is 0.771. The molecule has 0 saturated heterocycles. The molecule has 1 saturated carbocycles. The van der Waals surface area contributed by atoms with Gasteiger partial charge < -0.3 is 10.1 Å². The average molecular weight is 483 g/mol. The predicted molar refractivity (Wildman–Crippen MR) is 132 cm³/mol. The van der Waals surface area contributed by atoms with Crippen LogP contribution in [0.4, 0.5) is 0 Å². The Hall–Kier alpha value is -1.53. The number of hydrogen-bond donors (Lipinski definition) is 2. The number of unbranched alkanes of at least 4 members (excludes halogenated alkanes) is 3. The molecule has 33 heavy (non-hydrogen) atoms. The van der Waals surface area contributed by atoms with Crippen molar-refractivity contribution in [1.82, 2.24) is 5.32 Å². The Morgan fingerprint density at radius 2 is 1.91 bits per heavy atom. The maximum absolute atomic E-state index is 12.0. The zero-order chi connectivity index (χ0) is 23.9. The van der Waals surface area contributed by atoms with Gasteiger partial charge in [-0.25, -0.2) is 0 Å². The van der Waals surface area contributed by atoms with E-state index in [-0.39, 0.29) is 12.0 Å². The summed E-state index contributed by atoms with van der Waals surface area (Å²) in [5.41, 5.74) is 1.66. The molecule has 0 bridgehead atoms. The Labute approximate surface area is 199 Å². The van der Waals surface area contributed by atoms with Crippen molar-refractivity contribution in [3.8, 4) is 5.75 Å². The van der Waals surface area contributed by atoms with Crippen molar-refractivity contribution in [3.63, 3.8) is 0 Å². The van der Waals surface area contributed by atoms with E-state index in [1.54, 1.807) is 18.8 Å². The number of hydrogen-bond acceptors (Lipinski definition) is 6. The van der Waals surface area contributed by atoms with Crippen LogP contribution >= 0.6 is 7.94 Å². The van der Waals surface area contributed by atoms with Crippen LogP contribution in [0.2, 0.25) is 0 Å². The standard InChI is InChI=1S/C25H40NO6P/c1-3-21-19-24(15-14-22(21)20-27)30-17-10-13-25(28)26-16-8-4-5-9-18-31-33(2,29)32-23-11-6-7-12-23/h14-15,19-20,23,29H,3-13,16-18H2,1-2H3/p+1. The van der Waals surface area contributed by atoms with Crippen molar-refractivity contribution in [1.29, 1.82) is 0 Å². The van der Waals surface area contributed by atoms with Crippen molar-refractivity contribution in [3.05, 3.63) is 29.3 Å². The number of nitrogens with one attached hydrogen (secondary N) is 1. The first kappa shape index (κ1) is 27.7. The number of amides is 1. The molecule has 1 unspecified atom stereocenters. The molecule has 1 fully saturated rings. The Balaban J connectivity index is 1.43. The third-order valence-corrected chi connectivity index (χ3v) is 7.16. The number of aryl methyl sites for hydroxylation is 1. The number of aldehydes is 1. The Bertz CT molecular complexity index is 721. The minimum atomic E-state index is -2.69. The van der Waals surface area contributed by atoms with Gasteiger partial charge in [-0.3, -0.25) is 9.59 Å². The number of carbonyl (C=O) groups is 2. The second kappa shape index (κ2) is 15.4. The predicted octanol–water partition coefficient (Wildman–Crippen LogP) is 5.26. The van der Waals surface area contributed by atoms with Gasteiger partial charge in [0.2, 0.25) is 5.91 Å². The number of carbonyl (C=O) groups excluding carboxylic acids is 2. The van der Waals surface area contributed by atoms with E-state index < -0.39 is 7.94 Å². The minimum absolute atomic E-state index is 0.0393. The van der Waals surface area contributed by atoms with E-state index in [1.807, 2.05) is 13.0 Å². The Morgan fingerprint density at radius 1 is 1.15 bits per heavy atom. The highest BCUT2D eigenvalue weighted by Gasteiger charge is 2.38. The fourth-order valence-electron chi connectivity index (χ4n) is 3.95. The molecule has 1 aliphatic carbocycles. The molecule has 0 heterocycles. The monoisotopic (exact) mass is 482 g/mol. The van der Waals surface area contributed by atoms with E-state index in [0.717, 1.165) is 62.5 Å². The van der Waals surface area contributed by atoms with Crippen molar-refractivity contribution in [2.75, 3.05) is 26.4 Å². The van der Waals surface area contributed by atoms with Crippen LogP contribution in [0.1, 0.15) is 87.1 Å². The highest BCUT2D eigenvalue weighted by molar-refractivity contribution is 7.59. The molecule has 0 radical (unpaired) electrons. The van der Waals surface area contributed by atoms with E-state index in [1.165, 1.54) is 12.8 Å². The largest absolute Gasteiger partial charge is 0.494 e. The van der Waals surface area contributed by atoms with Crippen LogP contribution in [-0.4, -0.2) is 49.6 Å². The zero-order valence-electron chi connectivity index (χ0n) is 20.2. The maximum atomic E-state index is 12.0. The molecule has 2 N–H and O–H groups in total. The summed E-state index contributed by atoms with van der Waals surface area (Å²) >= 11 is 0. The summed E-state index contributed by atoms with van der Waals surface area (Å²) in [7, 11) is -2.69. The molecule has 8 heteroatoms. The first-order chi connectivity index (χ1) is 15.9. The number of ether oxygens (including phenoxy) is 1. The van der Waals surface area contributed by atoms with Crippen LogP contribution in [0.15, 0.2) is 18.2 Å². The van der Waals surface area contributed by atoms with E-state index in [0.29, 0.717) is 38.2 Å². The van der Waals surface area contributed by atoms with Crippen molar-refractivity contribution < 1.29 is 28.3 Å². The topological polar surface area (TPSA) is 94.1 Å². The highest BCUT2D eigenvalue weighted by atomic mass is 31.2. The van der Waals surface area contributed by atoms with Crippen LogP contribution in [0.25, 0.3) is 0 Å². The van der Waals surface area contributed by atoms with Crippen LogP contribution in [-0.2, 0) is 20.3 Å². The lowest BCUT2D eigenvalue weighted by Crippen LogP contribution is -2.24. The summed E-state index contributed by atoms with van der Waals surface area (Å²) in [5, 5.41) is 2.95. The van der Waals surface area contributed by atoms with Gasteiger partial charge in [0, 0.05) is 18.5 Å². The lowest BCUT2D eigenvalue weighted by Gasteiger charge is -2.16. The summed E-state index contributed by atoms with van der Waals surface area (Å²) in [6.45, 7) is 5.33. The summed E-state index contributed by atoms with van der Waals surface area (Å²) < 4.78 is 17.0. The molecule has 0 aliphatic heterocycles. The van der Waals surface area contributed by atoms with Crippen molar-refractivity contribution in [2.45, 2.75) is 83.7 Å². The molecule has 0 aromatic heterocycles. The fourth-order valence-corrected chi connectivity index (χ4v) is 5.24. The highest BCUT2D eigenvalue weighted by Crippen LogP contribution is 2.55. The SMILES string of the molecule is CCc1cc(OCCCC(=O)NCCCCCCO[P+](C)(O)OC2CCCC2)ccc1C=O. The minimum Gasteiger partial charge on any atom is -0.494 e. The summed E-state index contributed by atoms with van der Waals surface area (Å²) in [6.07, 6.45) is 11.1. The van der Waals surface area contributed by atoms with E-state index in [4.69, 9.17) is 13.8 Å². The van der Waals surface area contributed by atoms with E-state index in [2.05, 4.69) is 5.32 Å². The van der Waals surface area contributed by atoms with Gasteiger partial charge >= 0.3 is 7.94 Å². The van der Waals surface area contributed by atoms with Gasteiger partial charge in [0.15, 0.2) is 0 Å². The Morgan fingerprint density at radius 3 is 2.64 bits per heavy atom. The van der Waals surface area contributed by atoms with Gasteiger partial charge in [0.05, 0.1) is 13.2 Å². The molecule has 1 atom stereocenters. The molecule has 0 spiro atoms. The van der Waals surface area contributed by atoms with Crippen LogP contribution in [0.3, 0.4) is 0 Å². The lowest BCUT2D eigenvalue weighted by atomic mass is 10.1. The maximum Gasteiger partial charge on any atom is 0.405 e. The van der Waals surface area contributed by atoms with Crippen molar-refractivity contribution in [2.24, 2.45) is 0 Å². The zero-order valence-corrected chi connectivity index (χ0v) is 21.1. The third kappa shape index (κ3) is 11.4. The third-order valence-electron chi connectivity index (χ3n) is 5.81. The summed E-state index contributed by atoms with van der Waals surface area (Å²) in [4.78, 5) is 33.2.